The summed E-state index contributed by atoms with van der Waals surface area (Å²) < 4.78 is 11.7. The van der Waals surface area contributed by atoms with Gasteiger partial charge in [0.25, 0.3) is 0 Å². The van der Waals surface area contributed by atoms with Crippen LogP contribution >= 0.6 is 11.3 Å². The molecule has 3 heterocycles. The number of aromatic carboxylic acids is 1. The molecule has 2 aromatic heterocycles. The van der Waals surface area contributed by atoms with E-state index in [1.54, 1.807) is 5.38 Å². The molecule has 25 heavy (non-hydrogen) atoms. The minimum absolute atomic E-state index is 0.0809. The molecule has 1 saturated heterocycles. The van der Waals surface area contributed by atoms with Crippen molar-refractivity contribution in [2.24, 2.45) is 0 Å². The number of carboxylic acid groups (broad SMARTS) is 1. The number of carboxylic acids is 1. The van der Waals surface area contributed by atoms with E-state index in [9.17, 15) is 4.79 Å². The van der Waals surface area contributed by atoms with Crippen LogP contribution in [0.5, 0.6) is 0 Å². The average Bonchev–Trinajstić information content (AvgIpc) is 3.21. The summed E-state index contributed by atoms with van der Waals surface area (Å²) in [5.74, 6) is -0.0673. The topological polar surface area (TPSA) is 75.8 Å². The van der Waals surface area contributed by atoms with Gasteiger partial charge in [0.2, 0.25) is 0 Å². The van der Waals surface area contributed by atoms with E-state index < -0.39 is 5.97 Å². The van der Waals surface area contributed by atoms with Crippen molar-refractivity contribution in [3.05, 3.63) is 51.7 Å². The van der Waals surface area contributed by atoms with Gasteiger partial charge in [-0.25, -0.2) is 9.78 Å². The Morgan fingerprint density at radius 1 is 1.44 bits per heavy atom. The van der Waals surface area contributed by atoms with E-state index in [0.29, 0.717) is 13.2 Å². The third-order valence-electron chi connectivity index (χ3n) is 4.45. The molecule has 0 amide bonds. The number of fused-ring (bicyclic) bond motifs is 1. The lowest BCUT2D eigenvalue weighted by molar-refractivity contribution is -0.0330. The van der Waals surface area contributed by atoms with Crippen LogP contribution in [0.4, 0.5) is 0 Å². The van der Waals surface area contributed by atoms with Crippen molar-refractivity contribution in [3.8, 4) is 0 Å². The zero-order valence-electron chi connectivity index (χ0n) is 13.8. The van der Waals surface area contributed by atoms with Gasteiger partial charge in [-0.05, 0) is 13.0 Å². The lowest BCUT2D eigenvalue weighted by Crippen LogP contribution is -2.37. The number of hydrogen-bond donors (Lipinski definition) is 1. The number of para-hydroxylation sites is 1. The number of nitrogens with zero attached hydrogens (tertiary/aromatic N) is 2. The molecular weight excluding hydrogens is 340 g/mol. The third kappa shape index (κ3) is 3.18. The second kappa shape index (κ2) is 6.59. The highest BCUT2D eigenvalue weighted by atomic mass is 32.1. The molecule has 1 aromatic carbocycles. The van der Waals surface area contributed by atoms with Crippen LogP contribution in [0.2, 0.25) is 0 Å². The number of thiazole rings is 1. The molecule has 1 aliphatic heterocycles. The SMILES string of the molecule is Cc1oc2ccccc2c1CN1CCOC(c2nc(C(=O)O)cs2)C1. The smallest absolute Gasteiger partial charge is 0.355 e. The van der Waals surface area contributed by atoms with Gasteiger partial charge in [-0.15, -0.1) is 11.3 Å². The highest BCUT2D eigenvalue weighted by Crippen LogP contribution is 2.30. The highest BCUT2D eigenvalue weighted by Gasteiger charge is 2.26. The monoisotopic (exact) mass is 358 g/mol. The summed E-state index contributed by atoms with van der Waals surface area (Å²) in [6, 6.07) is 8.06. The lowest BCUT2D eigenvalue weighted by atomic mass is 10.1. The molecule has 0 spiro atoms. The fourth-order valence-electron chi connectivity index (χ4n) is 3.17. The summed E-state index contributed by atoms with van der Waals surface area (Å²) in [6.07, 6.45) is -0.190. The number of furan rings is 1. The van der Waals surface area contributed by atoms with E-state index >= 15 is 0 Å². The van der Waals surface area contributed by atoms with Crippen LogP contribution in [-0.4, -0.2) is 40.7 Å². The van der Waals surface area contributed by atoms with E-state index in [1.165, 1.54) is 16.9 Å². The van der Waals surface area contributed by atoms with Crippen LogP contribution in [0.3, 0.4) is 0 Å². The van der Waals surface area contributed by atoms with Gasteiger partial charge in [0.1, 0.15) is 22.5 Å². The van der Waals surface area contributed by atoms with Crippen LogP contribution in [0.1, 0.15) is 32.9 Å². The first kappa shape index (κ1) is 16.3. The normalized spacial score (nSPS) is 18.7. The first-order valence-corrected chi connectivity index (χ1v) is 8.99. The number of morpholine rings is 1. The molecule has 3 aromatic rings. The largest absolute Gasteiger partial charge is 0.476 e. The minimum atomic E-state index is -1.00. The molecule has 6 nitrogen and oxygen atoms in total. The van der Waals surface area contributed by atoms with Gasteiger partial charge in [-0.1, -0.05) is 18.2 Å². The van der Waals surface area contributed by atoms with E-state index in [4.69, 9.17) is 14.3 Å². The van der Waals surface area contributed by atoms with Crippen molar-refractivity contribution in [2.75, 3.05) is 19.7 Å². The first-order chi connectivity index (χ1) is 12.1. The standard InChI is InChI=1S/C18H18N2O4S/c1-11-13(12-4-2-3-5-15(12)24-11)8-20-6-7-23-16(9-20)17-19-14(10-25-17)18(21)22/h2-5,10,16H,6-9H2,1H3,(H,21,22). The van der Waals surface area contributed by atoms with E-state index in [-0.39, 0.29) is 11.8 Å². The Bertz CT molecular complexity index is 917. The number of rotatable bonds is 4. The number of benzene rings is 1. The summed E-state index contributed by atoms with van der Waals surface area (Å²) >= 11 is 1.34. The Morgan fingerprint density at radius 3 is 3.08 bits per heavy atom. The van der Waals surface area contributed by atoms with Gasteiger partial charge in [0.15, 0.2) is 5.69 Å². The first-order valence-electron chi connectivity index (χ1n) is 8.11. The molecule has 4 rings (SSSR count). The summed E-state index contributed by atoms with van der Waals surface area (Å²) in [7, 11) is 0. The van der Waals surface area contributed by atoms with Crippen LogP contribution in [0, 0.1) is 6.92 Å². The van der Waals surface area contributed by atoms with Crippen molar-refractivity contribution in [1.29, 1.82) is 0 Å². The van der Waals surface area contributed by atoms with Crippen molar-refractivity contribution in [2.45, 2.75) is 19.6 Å². The molecule has 1 fully saturated rings. The molecule has 1 unspecified atom stereocenters. The molecule has 0 saturated carbocycles. The maximum absolute atomic E-state index is 11.0. The van der Waals surface area contributed by atoms with Gasteiger partial charge in [-0.2, -0.15) is 0 Å². The number of ether oxygens (including phenoxy) is 1. The lowest BCUT2D eigenvalue weighted by Gasteiger charge is -2.31. The average molecular weight is 358 g/mol. The van der Waals surface area contributed by atoms with Crippen LogP contribution in [-0.2, 0) is 11.3 Å². The molecule has 7 heteroatoms. The Labute approximate surface area is 148 Å². The predicted octanol–water partition coefficient (Wildman–Crippen LogP) is 3.47. The molecule has 130 valence electrons. The van der Waals surface area contributed by atoms with Crippen molar-refractivity contribution < 1.29 is 19.1 Å². The fourth-order valence-corrected chi connectivity index (χ4v) is 4.00. The number of hydrogen-bond acceptors (Lipinski definition) is 6. The van der Waals surface area contributed by atoms with Crippen molar-refractivity contribution in [1.82, 2.24) is 9.88 Å². The van der Waals surface area contributed by atoms with Gasteiger partial charge in [0.05, 0.1) is 6.61 Å². The molecular formula is C18H18N2O4S. The third-order valence-corrected chi connectivity index (χ3v) is 5.39. The molecule has 0 bridgehead atoms. The van der Waals surface area contributed by atoms with Crippen LogP contribution < -0.4 is 0 Å². The number of aromatic nitrogens is 1. The van der Waals surface area contributed by atoms with E-state index in [1.807, 2.05) is 25.1 Å². The molecule has 1 atom stereocenters. The second-order valence-corrected chi connectivity index (χ2v) is 6.99. The zero-order chi connectivity index (χ0) is 17.4. The number of aryl methyl sites for hydroxylation is 1. The molecule has 0 aliphatic carbocycles. The fraction of sp³-hybridized carbons (Fsp3) is 0.333. The van der Waals surface area contributed by atoms with Crippen molar-refractivity contribution in [3.63, 3.8) is 0 Å². The van der Waals surface area contributed by atoms with Gasteiger partial charge >= 0.3 is 5.97 Å². The van der Waals surface area contributed by atoms with E-state index in [0.717, 1.165) is 34.8 Å². The van der Waals surface area contributed by atoms with Crippen molar-refractivity contribution >= 4 is 28.3 Å². The maximum Gasteiger partial charge on any atom is 0.355 e. The summed E-state index contributed by atoms with van der Waals surface area (Å²) in [4.78, 5) is 17.5. The zero-order valence-corrected chi connectivity index (χ0v) is 14.6. The van der Waals surface area contributed by atoms with Gasteiger partial charge in [0, 0.05) is 36.0 Å². The Hall–Kier alpha value is -2.22. The molecule has 1 N–H and O–H groups in total. The van der Waals surface area contributed by atoms with Crippen LogP contribution in [0.25, 0.3) is 11.0 Å². The quantitative estimate of drug-likeness (QED) is 0.770. The predicted molar refractivity (Wildman–Crippen MR) is 94.0 cm³/mol. The maximum atomic E-state index is 11.0. The van der Waals surface area contributed by atoms with Gasteiger partial charge in [-0.3, -0.25) is 4.90 Å². The summed E-state index contributed by atoms with van der Waals surface area (Å²) in [6.45, 7) is 4.88. The summed E-state index contributed by atoms with van der Waals surface area (Å²) in [5, 5.41) is 12.5. The Morgan fingerprint density at radius 2 is 2.28 bits per heavy atom. The number of carbonyl (C=O) groups is 1. The molecule has 0 radical (unpaired) electrons. The summed E-state index contributed by atoms with van der Waals surface area (Å²) in [5.41, 5.74) is 2.19. The van der Waals surface area contributed by atoms with E-state index in [2.05, 4.69) is 16.0 Å². The highest BCUT2D eigenvalue weighted by molar-refractivity contribution is 7.09. The molecule has 1 aliphatic rings. The van der Waals surface area contributed by atoms with Gasteiger partial charge < -0.3 is 14.3 Å². The van der Waals surface area contributed by atoms with Crippen LogP contribution in [0.15, 0.2) is 34.1 Å². The second-order valence-electron chi connectivity index (χ2n) is 6.10. The Kier molecular flexibility index (Phi) is 4.29. The Balaban J connectivity index is 1.53. The minimum Gasteiger partial charge on any atom is -0.476 e.